The summed E-state index contributed by atoms with van der Waals surface area (Å²) in [7, 11) is 0. The minimum Gasteiger partial charge on any atom is -0.350 e. The molecule has 0 aliphatic carbocycles. The van der Waals surface area contributed by atoms with Crippen LogP contribution in [-0.4, -0.2) is 31.8 Å². The summed E-state index contributed by atoms with van der Waals surface area (Å²) in [6.45, 7) is 0.501. The lowest BCUT2D eigenvalue weighted by atomic mass is 10.3. The highest BCUT2D eigenvalue weighted by atomic mass is 32.1. The van der Waals surface area contributed by atoms with E-state index in [1.54, 1.807) is 42.3 Å². The number of thiophene rings is 1. The summed E-state index contributed by atoms with van der Waals surface area (Å²) in [6.07, 6.45) is 5.07. The first kappa shape index (κ1) is 16.8. The van der Waals surface area contributed by atoms with Crippen molar-refractivity contribution < 1.29 is 14.8 Å². The lowest BCUT2D eigenvalue weighted by molar-refractivity contribution is -0.122. The molecule has 0 atom stereocenters. The number of hydrogen-bond donors (Lipinski definition) is 3. The molecule has 0 bridgehead atoms. The standard InChI is InChI=1S/C16H15N5O3S/c22-15(18-9-11-2-1-6-17-8-11)10-21-7-5-12(19-21)13-3-4-14(25-13)16(23)20-24/h1-8,24H,9-10H2,(H,18,22)(H,20,23). The van der Waals surface area contributed by atoms with Crippen LogP contribution in [0.25, 0.3) is 10.6 Å². The third-order valence-corrected chi connectivity index (χ3v) is 4.45. The van der Waals surface area contributed by atoms with Crippen molar-refractivity contribution in [1.29, 1.82) is 0 Å². The zero-order valence-corrected chi connectivity index (χ0v) is 13.9. The van der Waals surface area contributed by atoms with Gasteiger partial charge in [-0.3, -0.25) is 24.5 Å². The number of hydroxylamine groups is 1. The molecule has 25 heavy (non-hydrogen) atoms. The normalized spacial score (nSPS) is 10.4. The summed E-state index contributed by atoms with van der Waals surface area (Å²) in [4.78, 5) is 28.5. The molecule has 2 amide bonds. The molecule has 0 saturated heterocycles. The van der Waals surface area contributed by atoms with E-state index < -0.39 is 5.91 Å². The molecule has 0 aliphatic heterocycles. The molecule has 0 spiro atoms. The molecule has 3 N–H and O–H groups in total. The van der Waals surface area contributed by atoms with Crippen LogP contribution in [0, 0.1) is 0 Å². The molecule has 3 heterocycles. The van der Waals surface area contributed by atoms with E-state index in [1.807, 2.05) is 12.1 Å². The van der Waals surface area contributed by atoms with E-state index >= 15 is 0 Å². The Labute approximate surface area is 147 Å². The fourth-order valence-corrected chi connectivity index (χ4v) is 3.00. The minimum absolute atomic E-state index is 0.0929. The molecule has 0 fully saturated rings. The van der Waals surface area contributed by atoms with Crippen molar-refractivity contribution in [3.63, 3.8) is 0 Å². The van der Waals surface area contributed by atoms with Gasteiger partial charge in [-0.05, 0) is 29.8 Å². The van der Waals surface area contributed by atoms with Crippen LogP contribution in [0.2, 0.25) is 0 Å². The molecular weight excluding hydrogens is 342 g/mol. The van der Waals surface area contributed by atoms with Crippen LogP contribution in [0.4, 0.5) is 0 Å². The fraction of sp³-hybridized carbons (Fsp3) is 0.125. The first-order chi connectivity index (χ1) is 12.2. The van der Waals surface area contributed by atoms with Gasteiger partial charge in [-0.15, -0.1) is 11.3 Å². The summed E-state index contributed by atoms with van der Waals surface area (Å²) in [5.41, 5.74) is 3.17. The number of rotatable bonds is 6. The molecule has 3 aromatic rings. The van der Waals surface area contributed by atoms with Gasteiger partial charge in [0.1, 0.15) is 12.2 Å². The Morgan fingerprint density at radius 3 is 2.88 bits per heavy atom. The van der Waals surface area contributed by atoms with Gasteiger partial charge in [-0.1, -0.05) is 6.07 Å². The number of nitrogens with one attached hydrogen (secondary N) is 2. The van der Waals surface area contributed by atoms with E-state index in [4.69, 9.17) is 5.21 Å². The van der Waals surface area contributed by atoms with Gasteiger partial charge in [0.05, 0.1) is 9.75 Å². The first-order valence-corrected chi connectivity index (χ1v) is 8.21. The second-order valence-electron chi connectivity index (χ2n) is 5.14. The molecule has 3 rings (SSSR count). The predicted molar refractivity (Wildman–Crippen MR) is 90.9 cm³/mol. The first-order valence-electron chi connectivity index (χ1n) is 7.39. The van der Waals surface area contributed by atoms with Crippen molar-refractivity contribution in [2.24, 2.45) is 0 Å². The van der Waals surface area contributed by atoms with E-state index in [0.717, 1.165) is 10.4 Å². The zero-order chi connectivity index (χ0) is 17.6. The van der Waals surface area contributed by atoms with Gasteiger partial charge in [0, 0.05) is 25.1 Å². The lowest BCUT2D eigenvalue weighted by Crippen LogP contribution is -2.27. The predicted octanol–water partition coefficient (Wildman–Crippen LogP) is 1.44. The summed E-state index contributed by atoms with van der Waals surface area (Å²) in [5, 5.41) is 15.8. The SMILES string of the molecule is O=C(Cn1ccc(-c2ccc(C(=O)NO)s2)n1)NCc1cccnc1. The molecule has 0 saturated carbocycles. The van der Waals surface area contributed by atoms with E-state index in [-0.39, 0.29) is 12.5 Å². The highest BCUT2D eigenvalue weighted by molar-refractivity contribution is 7.17. The molecule has 0 unspecified atom stereocenters. The molecule has 0 aromatic carbocycles. The number of nitrogens with zero attached hydrogens (tertiary/aromatic N) is 3. The number of carbonyl (C=O) groups is 2. The largest absolute Gasteiger partial charge is 0.350 e. The smallest absolute Gasteiger partial charge is 0.284 e. The number of hydrogen-bond acceptors (Lipinski definition) is 6. The van der Waals surface area contributed by atoms with Crippen molar-refractivity contribution in [2.75, 3.05) is 0 Å². The van der Waals surface area contributed by atoms with Gasteiger partial charge in [0.15, 0.2) is 0 Å². The van der Waals surface area contributed by atoms with Crippen molar-refractivity contribution in [3.05, 3.63) is 59.4 Å². The third-order valence-electron chi connectivity index (χ3n) is 3.34. The topological polar surface area (TPSA) is 109 Å². The molecule has 3 aromatic heterocycles. The molecule has 8 nitrogen and oxygen atoms in total. The van der Waals surface area contributed by atoms with Crippen LogP contribution in [0.5, 0.6) is 0 Å². The lowest BCUT2D eigenvalue weighted by Gasteiger charge is -2.05. The highest BCUT2D eigenvalue weighted by Gasteiger charge is 2.12. The molecule has 9 heteroatoms. The van der Waals surface area contributed by atoms with Crippen LogP contribution in [0.3, 0.4) is 0 Å². The van der Waals surface area contributed by atoms with Gasteiger partial charge >= 0.3 is 0 Å². The van der Waals surface area contributed by atoms with Crippen molar-refractivity contribution in [3.8, 4) is 10.6 Å². The third kappa shape index (κ3) is 4.28. The minimum atomic E-state index is -0.564. The number of pyridine rings is 1. The zero-order valence-electron chi connectivity index (χ0n) is 13.0. The maximum absolute atomic E-state index is 12.0. The van der Waals surface area contributed by atoms with E-state index in [2.05, 4.69) is 15.4 Å². The van der Waals surface area contributed by atoms with Crippen LogP contribution in [0.15, 0.2) is 48.9 Å². The van der Waals surface area contributed by atoms with Gasteiger partial charge < -0.3 is 5.32 Å². The van der Waals surface area contributed by atoms with Gasteiger partial charge in [0.25, 0.3) is 5.91 Å². The van der Waals surface area contributed by atoms with E-state index in [0.29, 0.717) is 17.1 Å². The summed E-state index contributed by atoms with van der Waals surface area (Å²) < 4.78 is 1.53. The second-order valence-corrected chi connectivity index (χ2v) is 6.23. The van der Waals surface area contributed by atoms with E-state index in [9.17, 15) is 9.59 Å². The van der Waals surface area contributed by atoms with Crippen LogP contribution in [-0.2, 0) is 17.9 Å². The summed E-state index contributed by atoms with van der Waals surface area (Å²) >= 11 is 1.20. The average molecular weight is 357 g/mol. The Hall–Kier alpha value is -3.04. The Bertz CT molecular complexity index is 875. The van der Waals surface area contributed by atoms with Crippen LogP contribution in [0.1, 0.15) is 15.2 Å². The van der Waals surface area contributed by atoms with Crippen LogP contribution >= 0.6 is 11.3 Å². The maximum atomic E-state index is 12.0. The van der Waals surface area contributed by atoms with E-state index in [1.165, 1.54) is 16.0 Å². The fourth-order valence-electron chi connectivity index (χ4n) is 2.14. The Kier molecular flexibility index (Phi) is 5.17. The van der Waals surface area contributed by atoms with Crippen molar-refractivity contribution >= 4 is 23.2 Å². The maximum Gasteiger partial charge on any atom is 0.284 e. The Morgan fingerprint density at radius 2 is 2.12 bits per heavy atom. The Balaban J connectivity index is 1.58. The summed E-state index contributed by atoms with van der Waals surface area (Å²) in [5.74, 6) is -0.726. The highest BCUT2D eigenvalue weighted by Crippen LogP contribution is 2.26. The molecule has 0 aliphatic rings. The molecular formula is C16H15N5O3S. The van der Waals surface area contributed by atoms with Gasteiger partial charge in [-0.2, -0.15) is 5.10 Å². The molecule has 128 valence electrons. The second kappa shape index (κ2) is 7.69. The average Bonchev–Trinajstić information content (AvgIpc) is 3.29. The number of amides is 2. The Morgan fingerprint density at radius 1 is 1.24 bits per heavy atom. The van der Waals surface area contributed by atoms with Gasteiger partial charge in [0.2, 0.25) is 5.91 Å². The number of aromatic nitrogens is 3. The van der Waals surface area contributed by atoms with Crippen molar-refractivity contribution in [1.82, 2.24) is 25.6 Å². The quantitative estimate of drug-likeness (QED) is 0.457. The van der Waals surface area contributed by atoms with Crippen LogP contribution < -0.4 is 10.8 Å². The monoisotopic (exact) mass is 357 g/mol. The summed E-state index contributed by atoms with van der Waals surface area (Å²) in [6, 6.07) is 8.81. The van der Waals surface area contributed by atoms with Gasteiger partial charge in [-0.25, -0.2) is 5.48 Å². The molecule has 0 radical (unpaired) electrons. The van der Waals surface area contributed by atoms with Crippen molar-refractivity contribution in [2.45, 2.75) is 13.1 Å². The number of carbonyl (C=O) groups excluding carboxylic acids is 2.